The lowest BCUT2D eigenvalue weighted by molar-refractivity contribution is -0.137. The SMILES string of the molecule is CCO/N=C/C(C(=O)c1ccc(C(F)(F)F)cc1S(C)(=O)=O)C(=O)C1CC1. The number of alkyl halides is 3. The Kier molecular flexibility index (Phi) is 6.08. The summed E-state index contributed by atoms with van der Waals surface area (Å²) in [4.78, 5) is 29.2. The molecule has 1 aliphatic rings. The lowest BCUT2D eigenvalue weighted by Crippen LogP contribution is -2.28. The van der Waals surface area contributed by atoms with Gasteiger partial charge in [-0.05, 0) is 38.0 Å². The van der Waals surface area contributed by atoms with Crippen LogP contribution in [-0.2, 0) is 25.6 Å². The minimum atomic E-state index is -4.78. The zero-order valence-electron chi connectivity index (χ0n) is 14.6. The Labute approximate surface area is 154 Å². The Morgan fingerprint density at radius 3 is 2.44 bits per heavy atom. The standard InChI is InChI=1S/C17H18F3NO5S/c1-3-26-21-9-13(15(22)10-4-5-10)16(23)12-7-6-11(17(18,19)20)8-14(12)27(2,24)25/h6-10,13H,3-5H2,1-2H3/b21-9+. The summed E-state index contributed by atoms with van der Waals surface area (Å²) in [5, 5.41) is 3.52. The molecule has 0 bridgehead atoms. The first kappa shape index (κ1) is 21.1. The average molecular weight is 405 g/mol. The molecule has 10 heteroatoms. The first-order valence-corrected chi connectivity index (χ1v) is 10.0. The van der Waals surface area contributed by atoms with Crippen molar-refractivity contribution in [3.8, 4) is 0 Å². The van der Waals surface area contributed by atoms with E-state index in [0.717, 1.165) is 12.3 Å². The number of Topliss-reactive ketones (excluding diaryl/α,β-unsaturated/α-hetero) is 2. The van der Waals surface area contributed by atoms with Gasteiger partial charge in [-0.15, -0.1) is 0 Å². The fourth-order valence-corrected chi connectivity index (χ4v) is 3.36. The predicted molar refractivity (Wildman–Crippen MR) is 90.2 cm³/mol. The van der Waals surface area contributed by atoms with Crippen LogP contribution < -0.4 is 0 Å². The molecule has 0 heterocycles. The zero-order chi connectivity index (χ0) is 20.4. The van der Waals surface area contributed by atoms with Crippen LogP contribution in [0.2, 0.25) is 0 Å². The molecule has 0 N–H and O–H groups in total. The Morgan fingerprint density at radius 1 is 1.33 bits per heavy atom. The minimum Gasteiger partial charge on any atom is -0.396 e. The van der Waals surface area contributed by atoms with Crippen LogP contribution in [0.1, 0.15) is 35.7 Å². The van der Waals surface area contributed by atoms with E-state index < -0.39 is 49.5 Å². The molecule has 0 radical (unpaired) electrons. The number of rotatable bonds is 8. The number of carbonyl (C=O) groups is 2. The van der Waals surface area contributed by atoms with Crippen molar-refractivity contribution < 1.29 is 36.0 Å². The van der Waals surface area contributed by atoms with Crippen LogP contribution in [0.15, 0.2) is 28.3 Å². The summed E-state index contributed by atoms with van der Waals surface area (Å²) >= 11 is 0. The first-order chi connectivity index (χ1) is 12.5. The van der Waals surface area contributed by atoms with Gasteiger partial charge in [0.2, 0.25) is 0 Å². The van der Waals surface area contributed by atoms with E-state index in [1.54, 1.807) is 6.92 Å². The maximum Gasteiger partial charge on any atom is 0.416 e. The van der Waals surface area contributed by atoms with E-state index in [9.17, 15) is 31.2 Å². The molecule has 1 saturated carbocycles. The van der Waals surface area contributed by atoms with Gasteiger partial charge in [-0.1, -0.05) is 5.16 Å². The minimum absolute atomic E-state index is 0.184. The lowest BCUT2D eigenvalue weighted by atomic mass is 9.92. The van der Waals surface area contributed by atoms with Crippen LogP contribution in [0, 0.1) is 11.8 Å². The number of hydrogen-bond donors (Lipinski definition) is 0. The van der Waals surface area contributed by atoms with Crippen molar-refractivity contribution in [1.29, 1.82) is 0 Å². The van der Waals surface area contributed by atoms with Crippen molar-refractivity contribution in [3.05, 3.63) is 29.3 Å². The number of sulfone groups is 1. The number of benzene rings is 1. The van der Waals surface area contributed by atoms with Crippen LogP contribution in [-0.4, -0.2) is 39.1 Å². The molecule has 0 saturated heterocycles. The van der Waals surface area contributed by atoms with Gasteiger partial charge in [0.05, 0.1) is 16.7 Å². The van der Waals surface area contributed by atoms with Crippen molar-refractivity contribution >= 4 is 27.6 Å². The second kappa shape index (κ2) is 7.79. The second-order valence-electron chi connectivity index (χ2n) is 6.17. The molecule has 1 aromatic carbocycles. The molecule has 0 spiro atoms. The van der Waals surface area contributed by atoms with Crippen LogP contribution >= 0.6 is 0 Å². The van der Waals surface area contributed by atoms with E-state index >= 15 is 0 Å². The molecule has 0 aromatic heterocycles. The van der Waals surface area contributed by atoms with E-state index in [4.69, 9.17) is 4.84 Å². The molecule has 1 atom stereocenters. The van der Waals surface area contributed by atoms with Gasteiger partial charge in [-0.2, -0.15) is 13.2 Å². The molecule has 1 aromatic rings. The summed E-state index contributed by atoms with van der Waals surface area (Å²) in [6.07, 6.45) is -1.92. The quantitative estimate of drug-likeness (QED) is 0.287. The highest BCUT2D eigenvalue weighted by Gasteiger charge is 2.40. The fourth-order valence-electron chi connectivity index (χ4n) is 2.45. The van der Waals surface area contributed by atoms with Crippen molar-refractivity contribution in [1.82, 2.24) is 0 Å². The molecule has 27 heavy (non-hydrogen) atoms. The maximum atomic E-state index is 12.9. The third-order valence-corrected chi connectivity index (χ3v) is 5.09. The number of halogens is 3. The summed E-state index contributed by atoms with van der Waals surface area (Å²) in [7, 11) is -4.16. The summed E-state index contributed by atoms with van der Waals surface area (Å²) in [6, 6.07) is 1.80. The Hall–Kier alpha value is -2.23. The van der Waals surface area contributed by atoms with Gasteiger partial charge in [0.15, 0.2) is 21.4 Å². The summed E-state index contributed by atoms with van der Waals surface area (Å²) in [5.74, 6) is -3.14. The molecular weight excluding hydrogens is 387 g/mol. The summed E-state index contributed by atoms with van der Waals surface area (Å²) < 4.78 is 62.7. The normalized spacial score (nSPS) is 16.3. The number of hydrogen-bond acceptors (Lipinski definition) is 6. The van der Waals surface area contributed by atoms with Crippen LogP contribution in [0.25, 0.3) is 0 Å². The molecule has 1 unspecified atom stereocenters. The first-order valence-electron chi connectivity index (χ1n) is 8.11. The zero-order valence-corrected chi connectivity index (χ0v) is 15.4. The van der Waals surface area contributed by atoms with Gasteiger partial charge in [0.1, 0.15) is 12.5 Å². The number of oxime groups is 1. The highest BCUT2D eigenvalue weighted by Crippen LogP contribution is 2.35. The Bertz CT molecular complexity index is 873. The Morgan fingerprint density at radius 2 is 1.96 bits per heavy atom. The largest absolute Gasteiger partial charge is 0.416 e. The predicted octanol–water partition coefficient (Wildman–Crippen LogP) is 2.91. The third kappa shape index (κ3) is 5.15. The maximum absolute atomic E-state index is 12.9. The van der Waals surface area contributed by atoms with Gasteiger partial charge >= 0.3 is 6.18 Å². The van der Waals surface area contributed by atoms with Crippen molar-refractivity contribution in [3.63, 3.8) is 0 Å². The van der Waals surface area contributed by atoms with Crippen LogP contribution in [0.5, 0.6) is 0 Å². The van der Waals surface area contributed by atoms with E-state index in [2.05, 4.69) is 5.16 Å². The highest BCUT2D eigenvalue weighted by molar-refractivity contribution is 7.90. The molecule has 0 aliphatic heterocycles. The topological polar surface area (TPSA) is 89.9 Å². The van der Waals surface area contributed by atoms with Crippen LogP contribution in [0.3, 0.4) is 0 Å². The lowest BCUT2D eigenvalue weighted by Gasteiger charge is -2.15. The van der Waals surface area contributed by atoms with E-state index in [1.807, 2.05) is 0 Å². The number of carbonyl (C=O) groups excluding carboxylic acids is 2. The number of nitrogens with zero attached hydrogens (tertiary/aromatic N) is 1. The molecule has 148 valence electrons. The monoisotopic (exact) mass is 405 g/mol. The highest BCUT2D eigenvalue weighted by atomic mass is 32.2. The summed E-state index contributed by atoms with van der Waals surface area (Å²) in [5.41, 5.74) is -1.68. The van der Waals surface area contributed by atoms with Crippen molar-refractivity contribution in [2.75, 3.05) is 12.9 Å². The molecule has 2 rings (SSSR count). The Balaban J connectivity index is 2.52. The average Bonchev–Trinajstić information content (AvgIpc) is 3.40. The van der Waals surface area contributed by atoms with Crippen molar-refractivity contribution in [2.24, 2.45) is 17.0 Å². The van der Waals surface area contributed by atoms with E-state index in [-0.39, 0.29) is 12.5 Å². The van der Waals surface area contributed by atoms with Gasteiger partial charge in [-0.3, -0.25) is 9.59 Å². The van der Waals surface area contributed by atoms with Gasteiger partial charge < -0.3 is 4.84 Å². The smallest absolute Gasteiger partial charge is 0.396 e. The molecular formula is C17H18F3NO5S. The van der Waals surface area contributed by atoms with Gasteiger partial charge in [0.25, 0.3) is 0 Å². The number of ketones is 2. The van der Waals surface area contributed by atoms with Crippen molar-refractivity contribution in [2.45, 2.75) is 30.8 Å². The summed E-state index contributed by atoms with van der Waals surface area (Å²) in [6.45, 7) is 1.82. The molecule has 0 amide bonds. The third-order valence-electron chi connectivity index (χ3n) is 3.96. The van der Waals surface area contributed by atoms with Gasteiger partial charge in [0, 0.05) is 17.7 Å². The molecule has 1 fully saturated rings. The second-order valence-corrected chi connectivity index (χ2v) is 8.16. The van der Waals surface area contributed by atoms with Crippen LogP contribution in [0.4, 0.5) is 13.2 Å². The fraction of sp³-hybridized carbons (Fsp3) is 0.471. The van der Waals surface area contributed by atoms with E-state index in [0.29, 0.717) is 31.2 Å². The van der Waals surface area contributed by atoms with E-state index in [1.165, 1.54) is 0 Å². The van der Waals surface area contributed by atoms with Gasteiger partial charge in [-0.25, -0.2) is 8.42 Å². The molecule has 6 nitrogen and oxygen atoms in total. The molecule has 1 aliphatic carbocycles.